The fourth-order valence-electron chi connectivity index (χ4n) is 7.64. The molecule has 1 saturated carbocycles. The lowest BCUT2D eigenvalue weighted by molar-refractivity contribution is -0.173. The van der Waals surface area contributed by atoms with Gasteiger partial charge in [-0.3, -0.25) is 19.2 Å². The normalized spacial score (nSPS) is 24.2. The quantitative estimate of drug-likeness (QED) is 0.0656. The molecule has 0 N–H and O–H groups in total. The molecule has 0 bridgehead atoms. The van der Waals surface area contributed by atoms with Gasteiger partial charge in [-0.25, -0.2) is 0 Å². The van der Waals surface area contributed by atoms with Crippen molar-refractivity contribution in [2.75, 3.05) is 26.4 Å². The Morgan fingerprint density at radius 2 is 1.12 bits per heavy atom. The molecule has 0 aromatic heterocycles. The van der Waals surface area contributed by atoms with Crippen LogP contribution in [0.5, 0.6) is 0 Å². The molecule has 0 radical (unpaired) electrons. The predicted molar refractivity (Wildman–Crippen MR) is 195 cm³/mol. The van der Waals surface area contributed by atoms with Gasteiger partial charge in [0.2, 0.25) is 0 Å². The fourth-order valence-corrected chi connectivity index (χ4v) is 11.3. The Balaban J connectivity index is 2.43. The van der Waals surface area contributed by atoms with E-state index in [-0.39, 0.29) is 57.6 Å². The summed E-state index contributed by atoms with van der Waals surface area (Å²) in [5.41, 5.74) is 0.204. The van der Waals surface area contributed by atoms with Crippen molar-refractivity contribution in [3.8, 4) is 0 Å². The van der Waals surface area contributed by atoms with Crippen molar-refractivity contribution in [3.63, 3.8) is 0 Å². The van der Waals surface area contributed by atoms with Gasteiger partial charge in [-0.1, -0.05) is 61.7 Å². The minimum absolute atomic E-state index is 0.0376. The Morgan fingerprint density at radius 1 is 0.714 bits per heavy atom. The summed E-state index contributed by atoms with van der Waals surface area (Å²) in [4.78, 5) is 55.8. The Kier molecular flexibility index (Phi) is 12.4. The van der Waals surface area contributed by atoms with Gasteiger partial charge in [0.25, 0.3) is 0 Å². The van der Waals surface area contributed by atoms with Crippen LogP contribution >= 0.6 is 0 Å². The zero-order valence-corrected chi connectivity index (χ0v) is 34.5. The highest BCUT2D eigenvalue weighted by Crippen LogP contribution is 2.60. The number of allylic oxidation sites excluding steroid dienone is 3. The zero-order chi connectivity index (χ0) is 37.4. The van der Waals surface area contributed by atoms with Crippen molar-refractivity contribution >= 4 is 47.1 Å². The number of hydrogen-bond donors (Lipinski definition) is 0. The van der Waals surface area contributed by atoms with E-state index in [4.69, 9.17) is 28.3 Å². The van der Waals surface area contributed by atoms with Crippen molar-refractivity contribution in [1.29, 1.82) is 0 Å². The summed E-state index contributed by atoms with van der Waals surface area (Å²) < 4.78 is 35.9. The van der Waals surface area contributed by atoms with Crippen molar-refractivity contribution in [2.24, 2.45) is 16.7 Å². The summed E-state index contributed by atoms with van der Waals surface area (Å²) in [7, 11) is -4.88. The Labute approximate surface area is 296 Å². The number of rotatable bonds is 13. The molecule has 3 aliphatic rings. The standard InChI is InChI=1S/C36H61BO10Si2/c1-15-42-29(38)35(30(39)43-16-2)19-24(23-48(9,10)11)25(20-35)26-21-36(31(40)44-17-3,32(41)45-18-4)22-27(26)28(49(12,13)14)37-46-33(5,6)34(7,8)47-37/h23,25,28H,15-22H2,1-14H3/b24-23+/t25-,28+/m0/s1. The third-order valence-corrected chi connectivity index (χ3v) is 14.2. The molecule has 10 nitrogen and oxygen atoms in total. The van der Waals surface area contributed by atoms with E-state index in [9.17, 15) is 19.2 Å². The second-order valence-electron chi connectivity index (χ2n) is 16.9. The molecule has 0 aromatic carbocycles. The van der Waals surface area contributed by atoms with E-state index in [0.717, 1.165) is 16.7 Å². The number of carbonyl (C=O) groups excluding carboxylic acids is 4. The summed E-state index contributed by atoms with van der Waals surface area (Å²) in [5.74, 6) is -2.96. The SMILES string of the molecule is CCOC(=O)C1(C(=O)OCC)CC([C@H]2CC(C(=O)OCC)(C(=O)OCC)C/C2=C\[Si](C)(C)C)=C([C@H](B2OC(C)(C)C(C)(C)O2)[Si](C)(C)C)C1. The average molecular weight is 721 g/mol. The highest BCUT2D eigenvalue weighted by atomic mass is 28.3. The monoisotopic (exact) mass is 720 g/mol. The molecule has 3 rings (SSSR count). The summed E-state index contributed by atoms with van der Waals surface area (Å²) in [6, 6.07) is 0. The maximum atomic E-state index is 14.1. The molecule has 2 fully saturated rings. The van der Waals surface area contributed by atoms with Crippen LogP contribution in [0.15, 0.2) is 22.4 Å². The zero-order valence-electron chi connectivity index (χ0n) is 32.5. The van der Waals surface area contributed by atoms with Gasteiger partial charge < -0.3 is 28.3 Å². The second-order valence-corrected chi connectivity index (χ2v) is 27.3. The Bertz CT molecular complexity index is 1300. The third-order valence-electron chi connectivity index (χ3n) is 10.5. The lowest BCUT2D eigenvalue weighted by Gasteiger charge is -2.34. The lowest BCUT2D eigenvalue weighted by Crippen LogP contribution is -2.44. The van der Waals surface area contributed by atoms with Crippen LogP contribution in [-0.2, 0) is 47.4 Å². The van der Waals surface area contributed by atoms with Gasteiger partial charge in [0.05, 0.1) is 53.8 Å². The van der Waals surface area contributed by atoms with Crippen molar-refractivity contribution in [2.45, 2.75) is 137 Å². The van der Waals surface area contributed by atoms with Crippen LogP contribution in [0.2, 0.25) is 44.7 Å². The van der Waals surface area contributed by atoms with Gasteiger partial charge in [0.1, 0.15) is 0 Å². The maximum Gasteiger partial charge on any atom is 0.462 e. The third kappa shape index (κ3) is 8.15. The highest BCUT2D eigenvalue weighted by molar-refractivity contribution is 6.88. The summed E-state index contributed by atoms with van der Waals surface area (Å²) in [5, 5.41) is 0. The van der Waals surface area contributed by atoms with E-state index in [0.29, 0.717) is 0 Å². The Morgan fingerprint density at radius 3 is 1.49 bits per heavy atom. The molecule has 0 spiro atoms. The van der Waals surface area contributed by atoms with Crippen LogP contribution in [0.1, 0.15) is 81.1 Å². The largest absolute Gasteiger partial charge is 0.465 e. The van der Waals surface area contributed by atoms with Crippen molar-refractivity contribution in [1.82, 2.24) is 0 Å². The maximum absolute atomic E-state index is 14.1. The highest BCUT2D eigenvalue weighted by Gasteiger charge is 2.64. The van der Waals surface area contributed by atoms with Crippen LogP contribution in [0.4, 0.5) is 0 Å². The number of carbonyl (C=O) groups is 4. The smallest absolute Gasteiger partial charge is 0.462 e. The molecule has 49 heavy (non-hydrogen) atoms. The van der Waals surface area contributed by atoms with Gasteiger partial charge in [0.15, 0.2) is 10.8 Å². The average Bonchev–Trinajstić information content (AvgIpc) is 3.58. The van der Waals surface area contributed by atoms with E-state index in [2.05, 4.69) is 45.0 Å². The lowest BCUT2D eigenvalue weighted by atomic mass is 9.75. The minimum atomic E-state index is -2.28. The van der Waals surface area contributed by atoms with E-state index >= 15 is 0 Å². The topological polar surface area (TPSA) is 124 Å². The fraction of sp³-hybridized carbons (Fsp3) is 0.778. The van der Waals surface area contributed by atoms with Gasteiger partial charge in [0, 0.05) is 11.4 Å². The number of ether oxygens (including phenoxy) is 4. The van der Waals surface area contributed by atoms with Gasteiger partial charge in [-0.15, -0.1) is 0 Å². The van der Waals surface area contributed by atoms with Crippen LogP contribution < -0.4 is 0 Å². The molecule has 1 saturated heterocycles. The summed E-state index contributed by atoms with van der Waals surface area (Å²) >= 11 is 0. The van der Waals surface area contributed by atoms with E-state index in [1.54, 1.807) is 27.7 Å². The first-order valence-corrected chi connectivity index (χ1v) is 25.1. The van der Waals surface area contributed by atoms with Gasteiger partial charge >= 0.3 is 31.0 Å². The number of esters is 4. The van der Waals surface area contributed by atoms with Crippen molar-refractivity contribution < 1.29 is 47.4 Å². The number of hydrogen-bond acceptors (Lipinski definition) is 10. The van der Waals surface area contributed by atoms with E-state index in [1.807, 2.05) is 27.7 Å². The molecule has 276 valence electrons. The molecular formula is C36H61BO10Si2. The summed E-state index contributed by atoms with van der Waals surface area (Å²) in [6.07, 6.45) is 0.344. The van der Waals surface area contributed by atoms with Gasteiger partial charge in [-0.2, -0.15) is 0 Å². The van der Waals surface area contributed by atoms with E-state index < -0.39 is 75.1 Å². The molecular weight excluding hydrogens is 659 g/mol. The van der Waals surface area contributed by atoms with Crippen LogP contribution in [0, 0.1) is 16.7 Å². The first-order valence-electron chi connectivity index (χ1n) is 17.9. The molecule has 2 atom stereocenters. The molecule has 0 unspecified atom stereocenters. The molecule has 1 heterocycles. The first kappa shape index (κ1) is 41.2. The minimum Gasteiger partial charge on any atom is -0.465 e. The molecule has 1 aliphatic heterocycles. The summed E-state index contributed by atoms with van der Waals surface area (Å²) in [6.45, 7) is 28.6. The van der Waals surface area contributed by atoms with Crippen LogP contribution in [0.3, 0.4) is 0 Å². The van der Waals surface area contributed by atoms with Crippen LogP contribution in [0.25, 0.3) is 0 Å². The first-order chi connectivity index (χ1) is 22.5. The van der Waals surface area contributed by atoms with Gasteiger partial charge in [-0.05, 0) is 81.1 Å². The van der Waals surface area contributed by atoms with Crippen LogP contribution in [-0.4, -0.2) is 84.8 Å². The second kappa shape index (κ2) is 14.8. The predicted octanol–water partition coefficient (Wildman–Crippen LogP) is 6.86. The Hall–Kier alpha value is -2.22. The van der Waals surface area contributed by atoms with E-state index in [1.165, 1.54) is 0 Å². The molecule has 13 heteroatoms. The molecule has 2 aliphatic carbocycles. The molecule has 0 aromatic rings. The van der Waals surface area contributed by atoms with Crippen molar-refractivity contribution in [3.05, 3.63) is 22.4 Å². The molecule has 0 amide bonds.